The summed E-state index contributed by atoms with van der Waals surface area (Å²) in [7, 11) is 0. The van der Waals surface area contributed by atoms with Gasteiger partial charge in [-0.2, -0.15) is 0 Å². The average Bonchev–Trinajstić information content (AvgIpc) is 3.38. The number of hydrogen-bond donors (Lipinski definition) is 1. The number of ether oxygens (including phenoxy) is 3. The molecule has 1 atom stereocenters. The fourth-order valence-electron chi connectivity index (χ4n) is 3.47. The summed E-state index contributed by atoms with van der Waals surface area (Å²) < 4.78 is 17.1. The predicted molar refractivity (Wildman–Crippen MR) is 108 cm³/mol. The molecule has 0 saturated carbocycles. The Morgan fingerprint density at radius 2 is 1.86 bits per heavy atom. The smallest absolute Gasteiger partial charge is 0.261 e. The van der Waals surface area contributed by atoms with Crippen LogP contribution in [0.25, 0.3) is 10.4 Å². The van der Waals surface area contributed by atoms with E-state index in [4.69, 9.17) is 14.2 Å². The zero-order chi connectivity index (χ0) is 18.9. The third-order valence-corrected chi connectivity index (χ3v) is 5.99. The summed E-state index contributed by atoms with van der Waals surface area (Å²) in [5, 5.41) is 2.99. The highest BCUT2D eigenvalue weighted by Crippen LogP contribution is 2.37. The van der Waals surface area contributed by atoms with E-state index in [0.29, 0.717) is 24.6 Å². The van der Waals surface area contributed by atoms with Crippen LogP contribution in [0.5, 0.6) is 17.2 Å². The number of para-hydroxylation sites is 1. The molecule has 1 aromatic heterocycles. The first-order valence-corrected chi connectivity index (χ1v) is 10.1. The first kappa shape index (κ1) is 17.1. The van der Waals surface area contributed by atoms with Crippen molar-refractivity contribution >= 4 is 17.2 Å². The average molecular weight is 393 g/mol. The van der Waals surface area contributed by atoms with E-state index >= 15 is 0 Å². The molecular formula is C22H19NO4S. The molecule has 142 valence electrons. The summed E-state index contributed by atoms with van der Waals surface area (Å²) >= 11 is 1.47. The molecule has 1 unspecified atom stereocenters. The van der Waals surface area contributed by atoms with Crippen molar-refractivity contribution in [1.82, 2.24) is 5.32 Å². The van der Waals surface area contributed by atoms with Gasteiger partial charge in [0.05, 0.1) is 11.4 Å². The molecule has 1 N–H and O–H groups in total. The van der Waals surface area contributed by atoms with Gasteiger partial charge in [-0.1, -0.05) is 18.2 Å². The number of carbonyl (C=O) groups excluding carboxylic acids is 1. The van der Waals surface area contributed by atoms with Crippen LogP contribution in [0.2, 0.25) is 0 Å². The van der Waals surface area contributed by atoms with E-state index in [1.54, 1.807) is 0 Å². The molecule has 2 aromatic carbocycles. The number of fused-ring (bicyclic) bond motifs is 2. The van der Waals surface area contributed by atoms with Crippen molar-refractivity contribution in [2.75, 3.05) is 19.8 Å². The van der Waals surface area contributed by atoms with Gasteiger partial charge in [0.1, 0.15) is 25.1 Å². The van der Waals surface area contributed by atoms with Crippen molar-refractivity contribution in [3.63, 3.8) is 0 Å². The summed E-state index contributed by atoms with van der Waals surface area (Å²) in [6, 6.07) is 17.7. The lowest BCUT2D eigenvalue weighted by atomic mass is 10.1. The quantitative estimate of drug-likeness (QED) is 0.730. The van der Waals surface area contributed by atoms with Crippen LogP contribution in [0, 0.1) is 0 Å². The Labute approximate surface area is 166 Å². The Balaban J connectivity index is 1.23. The number of amides is 1. The van der Waals surface area contributed by atoms with E-state index < -0.39 is 0 Å². The van der Waals surface area contributed by atoms with Gasteiger partial charge in [-0.3, -0.25) is 4.79 Å². The summed E-state index contributed by atoms with van der Waals surface area (Å²) in [5.74, 6) is 2.36. The van der Waals surface area contributed by atoms with Gasteiger partial charge in [0, 0.05) is 11.3 Å². The molecule has 2 aliphatic rings. The van der Waals surface area contributed by atoms with Crippen molar-refractivity contribution in [1.29, 1.82) is 0 Å². The minimum absolute atomic E-state index is 0.0152. The second-order valence-electron chi connectivity index (χ2n) is 6.78. The number of carbonyl (C=O) groups is 1. The summed E-state index contributed by atoms with van der Waals surface area (Å²) in [5.41, 5.74) is 2.21. The zero-order valence-corrected chi connectivity index (χ0v) is 16.0. The minimum atomic E-state index is -0.0756. The van der Waals surface area contributed by atoms with Gasteiger partial charge in [0.15, 0.2) is 11.5 Å². The molecule has 0 aliphatic carbocycles. The van der Waals surface area contributed by atoms with Crippen molar-refractivity contribution in [2.45, 2.75) is 12.5 Å². The fraction of sp³-hybridized carbons (Fsp3) is 0.227. The third-order valence-electron chi connectivity index (χ3n) is 4.86. The lowest BCUT2D eigenvalue weighted by molar-refractivity contribution is 0.0937. The molecule has 0 bridgehead atoms. The predicted octanol–water partition coefficient (Wildman–Crippen LogP) is 3.92. The van der Waals surface area contributed by atoms with Crippen molar-refractivity contribution in [2.24, 2.45) is 0 Å². The van der Waals surface area contributed by atoms with Gasteiger partial charge in [-0.15, -0.1) is 11.3 Å². The van der Waals surface area contributed by atoms with E-state index in [9.17, 15) is 4.79 Å². The topological polar surface area (TPSA) is 56.8 Å². The number of hydrogen-bond acceptors (Lipinski definition) is 5. The maximum Gasteiger partial charge on any atom is 0.261 e. The van der Waals surface area contributed by atoms with Gasteiger partial charge in [-0.05, 0) is 47.5 Å². The van der Waals surface area contributed by atoms with E-state index in [1.807, 2.05) is 48.5 Å². The SMILES string of the molecule is O=C(NCC1Cc2ccccc2O1)c1ccc(-c2ccc3c(c2)OCCO3)s1. The standard InChI is InChI=1S/C22H19NO4S/c24-22(23-13-16-11-14-3-1-2-4-17(14)27-16)21-8-7-20(28-21)15-5-6-18-19(12-15)26-10-9-25-18/h1-8,12,16H,9-11,13H2,(H,23,24). The monoisotopic (exact) mass is 393 g/mol. The largest absolute Gasteiger partial charge is 0.488 e. The normalized spacial score (nSPS) is 16.9. The number of thiophene rings is 1. The molecule has 3 heterocycles. The number of benzene rings is 2. The van der Waals surface area contributed by atoms with Crippen molar-refractivity contribution in [3.8, 4) is 27.7 Å². The number of rotatable bonds is 4. The second kappa shape index (κ2) is 7.20. The highest BCUT2D eigenvalue weighted by Gasteiger charge is 2.23. The van der Waals surface area contributed by atoms with E-state index in [1.165, 1.54) is 16.9 Å². The van der Waals surface area contributed by atoms with Gasteiger partial charge in [0.25, 0.3) is 5.91 Å². The molecule has 2 aliphatic heterocycles. The molecule has 0 fully saturated rings. The first-order valence-electron chi connectivity index (χ1n) is 9.29. The Hall–Kier alpha value is -2.99. The molecule has 6 heteroatoms. The highest BCUT2D eigenvalue weighted by atomic mass is 32.1. The minimum Gasteiger partial charge on any atom is -0.488 e. The molecule has 1 amide bonds. The van der Waals surface area contributed by atoms with Gasteiger partial charge >= 0.3 is 0 Å². The van der Waals surface area contributed by atoms with E-state index in [2.05, 4.69) is 11.4 Å². The Morgan fingerprint density at radius 3 is 2.75 bits per heavy atom. The van der Waals surface area contributed by atoms with E-state index in [-0.39, 0.29) is 12.0 Å². The highest BCUT2D eigenvalue weighted by molar-refractivity contribution is 7.17. The first-order chi connectivity index (χ1) is 13.8. The van der Waals surface area contributed by atoms with Crippen LogP contribution in [-0.2, 0) is 6.42 Å². The molecule has 5 rings (SSSR count). The van der Waals surface area contributed by atoms with Crippen LogP contribution < -0.4 is 19.5 Å². The Bertz CT molecular complexity index is 1000. The van der Waals surface area contributed by atoms with Crippen LogP contribution in [0.4, 0.5) is 0 Å². The lowest BCUT2D eigenvalue weighted by Crippen LogP contribution is -2.34. The maximum atomic E-state index is 12.6. The molecule has 3 aromatic rings. The molecule has 0 spiro atoms. The molecular weight excluding hydrogens is 374 g/mol. The molecule has 28 heavy (non-hydrogen) atoms. The Morgan fingerprint density at radius 1 is 1.00 bits per heavy atom. The van der Waals surface area contributed by atoms with Gasteiger partial charge in [-0.25, -0.2) is 0 Å². The molecule has 0 radical (unpaired) electrons. The van der Waals surface area contributed by atoms with E-state index in [0.717, 1.165) is 34.1 Å². The summed E-state index contributed by atoms with van der Waals surface area (Å²) in [4.78, 5) is 14.3. The third kappa shape index (κ3) is 3.31. The Kier molecular flexibility index (Phi) is 4.41. The fourth-order valence-corrected chi connectivity index (χ4v) is 4.39. The van der Waals surface area contributed by atoms with Crippen LogP contribution in [0.1, 0.15) is 15.2 Å². The van der Waals surface area contributed by atoms with Crippen molar-refractivity contribution in [3.05, 3.63) is 65.0 Å². The summed E-state index contributed by atoms with van der Waals surface area (Å²) in [6.07, 6.45) is 0.808. The van der Waals surface area contributed by atoms with Crippen LogP contribution in [0.3, 0.4) is 0 Å². The second-order valence-corrected chi connectivity index (χ2v) is 7.87. The van der Waals surface area contributed by atoms with Gasteiger partial charge in [0.2, 0.25) is 0 Å². The van der Waals surface area contributed by atoms with Crippen LogP contribution in [0.15, 0.2) is 54.6 Å². The van der Waals surface area contributed by atoms with Crippen LogP contribution >= 0.6 is 11.3 Å². The number of nitrogens with one attached hydrogen (secondary N) is 1. The maximum absolute atomic E-state index is 12.6. The zero-order valence-electron chi connectivity index (χ0n) is 15.1. The van der Waals surface area contributed by atoms with Crippen LogP contribution in [-0.4, -0.2) is 31.8 Å². The molecule has 0 saturated heterocycles. The lowest BCUT2D eigenvalue weighted by Gasteiger charge is -2.18. The summed E-state index contributed by atoms with van der Waals surface area (Å²) in [6.45, 7) is 1.62. The molecule has 5 nitrogen and oxygen atoms in total. The van der Waals surface area contributed by atoms with Gasteiger partial charge < -0.3 is 19.5 Å². The van der Waals surface area contributed by atoms with Crippen molar-refractivity contribution < 1.29 is 19.0 Å².